The number of methoxy groups -OCH3 is 3. The fourth-order valence-corrected chi connectivity index (χ4v) is 1.52. The van der Waals surface area contributed by atoms with E-state index in [4.69, 9.17) is 14.2 Å². The molecular formula is C13H18O3. The Bertz CT molecular complexity index is 365. The van der Waals surface area contributed by atoms with Crippen molar-refractivity contribution in [3.63, 3.8) is 0 Å². The van der Waals surface area contributed by atoms with Crippen LogP contribution in [0.5, 0.6) is 17.2 Å². The second kappa shape index (κ2) is 5.45. The lowest BCUT2D eigenvalue weighted by atomic mass is 10.1. The largest absolute Gasteiger partial charge is 0.493 e. The Morgan fingerprint density at radius 2 is 1.44 bits per heavy atom. The van der Waals surface area contributed by atoms with Gasteiger partial charge in [0.2, 0.25) is 5.75 Å². The number of ether oxygens (including phenoxy) is 3. The maximum absolute atomic E-state index is 5.27. The molecule has 1 rings (SSSR count). The number of hydrogen-bond donors (Lipinski definition) is 0. The van der Waals surface area contributed by atoms with E-state index in [1.165, 1.54) is 5.57 Å². The van der Waals surface area contributed by atoms with Gasteiger partial charge < -0.3 is 14.2 Å². The van der Waals surface area contributed by atoms with Crippen molar-refractivity contribution in [1.29, 1.82) is 0 Å². The van der Waals surface area contributed by atoms with E-state index in [9.17, 15) is 0 Å². The van der Waals surface area contributed by atoms with Gasteiger partial charge in [-0.2, -0.15) is 0 Å². The summed E-state index contributed by atoms with van der Waals surface area (Å²) in [6.45, 7) is 4.09. The highest BCUT2D eigenvalue weighted by molar-refractivity contribution is 5.63. The monoisotopic (exact) mass is 222 g/mol. The topological polar surface area (TPSA) is 27.7 Å². The summed E-state index contributed by atoms with van der Waals surface area (Å²) in [5, 5.41) is 0. The van der Waals surface area contributed by atoms with Crippen LogP contribution in [0.1, 0.15) is 19.4 Å². The molecule has 1 aromatic rings. The van der Waals surface area contributed by atoms with Crippen molar-refractivity contribution in [2.45, 2.75) is 13.8 Å². The van der Waals surface area contributed by atoms with Crippen molar-refractivity contribution >= 4 is 6.08 Å². The van der Waals surface area contributed by atoms with Crippen LogP contribution in [-0.2, 0) is 0 Å². The molecule has 0 atom stereocenters. The predicted octanol–water partition coefficient (Wildman–Crippen LogP) is 3.14. The summed E-state index contributed by atoms with van der Waals surface area (Å²) >= 11 is 0. The summed E-state index contributed by atoms with van der Waals surface area (Å²) in [5.74, 6) is 1.97. The van der Waals surface area contributed by atoms with Crippen LogP contribution in [0, 0.1) is 0 Å². The smallest absolute Gasteiger partial charge is 0.203 e. The lowest BCUT2D eigenvalue weighted by molar-refractivity contribution is 0.324. The molecule has 0 N–H and O–H groups in total. The van der Waals surface area contributed by atoms with E-state index in [-0.39, 0.29) is 0 Å². The molecule has 0 unspecified atom stereocenters. The molecule has 0 saturated carbocycles. The maximum atomic E-state index is 5.27. The summed E-state index contributed by atoms with van der Waals surface area (Å²) in [6.07, 6.45) is 2.06. The third kappa shape index (κ3) is 2.69. The van der Waals surface area contributed by atoms with E-state index in [0.29, 0.717) is 17.2 Å². The Hall–Kier alpha value is -1.64. The van der Waals surface area contributed by atoms with Crippen LogP contribution in [0.4, 0.5) is 0 Å². The summed E-state index contributed by atoms with van der Waals surface area (Å²) in [6, 6.07) is 3.85. The normalized spacial score (nSPS) is 9.56. The van der Waals surface area contributed by atoms with Gasteiger partial charge in [-0.1, -0.05) is 11.6 Å². The first-order valence-electron chi connectivity index (χ1n) is 5.07. The van der Waals surface area contributed by atoms with Crippen molar-refractivity contribution < 1.29 is 14.2 Å². The van der Waals surface area contributed by atoms with Gasteiger partial charge >= 0.3 is 0 Å². The van der Waals surface area contributed by atoms with E-state index in [1.807, 2.05) is 26.0 Å². The van der Waals surface area contributed by atoms with Crippen LogP contribution in [0.25, 0.3) is 6.08 Å². The molecule has 0 heterocycles. The van der Waals surface area contributed by atoms with Gasteiger partial charge in [0.1, 0.15) is 0 Å². The Balaban J connectivity index is 3.31. The Labute approximate surface area is 96.6 Å². The molecule has 88 valence electrons. The first kappa shape index (κ1) is 12.4. The Morgan fingerprint density at radius 1 is 0.938 bits per heavy atom. The van der Waals surface area contributed by atoms with E-state index in [2.05, 4.69) is 6.08 Å². The fourth-order valence-electron chi connectivity index (χ4n) is 1.52. The molecule has 0 bridgehead atoms. The highest BCUT2D eigenvalue weighted by atomic mass is 16.5. The number of allylic oxidation sites excluding steroid dienone is 1. The molecule has 0 spiro atoms. The summed E-state index contributed by atoms with van der Waals surface area (Å²) < 4.78 is 15.8. The van der Waals surface area contributed by atoms with Crippen LogP contribution < -0.4 is 14.2 Å². The third-order valence-corrected chi connectivity index (χ3v) is 2.14. The highest BCUT2D eigenvalue weighted by Gasteiger charge is 2.11. The minimum Gasteiger partial charge on any atom is -0.493 e. The van der Waals surface area contributed by atoms with Gasteiger partial charge in [0.05, 0.1) is 21.3 Å². The minimum atomic E-state index is 0.621. The number of benzene rings is 1. The van der Waals surface area contributed by atoms with Crippen molar-refractivity contribution in [3.05, 3.63) is 23.3 Å². The van der Waals surface area contributed by atoms with Crippen molar-refractivity contribution in [2.24, 2.45) is 0 Å². The molecule has 0 aliphatic rings. The van der Waals surface area contributed by atoms with Crippen molar-refractivity contribution in [1.82, 2.24) is 0 Å². The molecule has 3 heteroatoms. The zero-order valence-corrected chi connectivity index (χ0v) is 10.5. The van der Waals surface area contributed by atoms with Gasteiger partial charge in [-0.05, 0) is 31.5 Å². The minimum absolute atomic E-state index is 0.621. The zero-order chi connectivity index (χ0) is 12.1. The van der Waals surface area contributed by atoms with E-state index < -0.39 is 0 Å². The van der Waals surface area contributed by atoms with E-state index in [0.717, 1.165) is 5.56 Å². The average molecular weight is 222 g/mol. The van der Waals surface area contributed by atoms with Crippen LogP contribution in [-0.4, -0.2) is 21.3 Å². The molecule has 0 aromatic heterocycles. The van der Waals surface area contributed by atoms with E-state index >= 15 is 0 Å². The second-order valence-electron chi connectivity index (χ2n) is 3.68. The quantitative estimate of drug-likeness (QED) is 0.783. The molecule has 3 nitrogen and oxygen atoms in total. The lowest BCUT2D eigenvalue weighted by Gasteiger charge is -2.13. The Morgan fingerprint density at radius 3 is 1.75 bits per heavy atom. The van der Waals surface area contributed by atoms with Crippen LogP contribution in [0.2, 0.25) is 0 Å². The predicted molar refractivity (Wildman–Crippen MR) is 65.4 cm³/mol. The van der Waals surface area contributed by atoms with Crippen molar-refractivity contribution in [2.75, 3.05) is 21.3 Å². The van der Waals surface area contributed by atoms with Gasteiger partial charge in [0.25, 0.3) is 0 Å². The van der Waals surface area contributed by atoms with Gasteiger partial charge in [-0.25, -0.2) is 0 Å². The first-order chi connectivity index (χ1) is 7.62. The van der Waals surface area contributed by atoms with E-state index in [1.54, 1.807) is 21.3 Å². The standard InChI is InChI=1S/C13H18O3/c1-9(2)6-10-7-11(14-3)13(16-5)12(8-10)15-4/h6-8H,1-5H3. The fraction of sp³-hybridized carbons (Fsp3) is 0.385. The molecule has 16 heavy (non-hydrogen) atoms. The lowest BCUT2D eigenvalue weighted by Crippen LogP contribution is -1.95. The molecular weight excluding hydrogens is 204 g/mol. The van der Waals surface area contributed by atoms with Gasteiger partial charge in [-0.15, -0.1) is 0 Å². The van der Waals surface area contributed by atoms with Crippen LogP contribution >= 0.6 is 0 Å². The SMILES string of the molecule is COc1cc(C=C(C)C)cc(OC)c1OC. The molecule has 0 fully saturated rings. The Kier molecular flexibility index (Phi) is 4.23. The third-order valence-electron chi connectivity index (χ3n) is 2.14. The van der Waals surface area contributed by atoms with Gasteiger partial charge in [0.15, 0.2) is 11.5 Å². The van der Waals surface area contributed by atoms with Crippen LogP contribution in [0.15, 0.2) is 17.7 Å². The molecule has 1 aromatic carbocycles. The molecule has 0 aliphatic carbocycles. The maximum Gasteiger partial charge on any atom is 0.203 e. The zero-order valence-electron chi connectivity index (χ0n) is 10.5. The van der Waals surface area contributed by atoms with Gasteiger partial charge in [-0.3, -0.25) is 0 Å². The first-order valence-corrected chi connectivity index (χ1v) is 5.07. The molecule has 0 amide bonds. The summed E-state index contributed by atoms with van der Waals surface area (Å²) in [4.78, 5) is 0. The molecule has 0 aliphatic heterocycles. The summed E-state index contributed by atoms with van der Waals surface area (Å²) in [7, 11) is 4.83. The number of hydrogen-bond acceptors (Lipinski definition) is 3. The highest BCUT2D eigenvalue weighted by Crippen LogP contribution is 2.38. The average Bonchev–Trinajstić information content (AvgIpc) is 2.26. The summed E-state index contributed by atoms with van der Waals surface area (Å²) in [5.41, 5.74) is 2.25. The van der Waals surface area contributed by atoms with Gasteiger partial charge in [0, 0.05) is 0 Å². The molecule has 0 saturated heterocycles. The second-order valence-corrected chi connectivity index (χ2v) is 3.68. The molecule has 0 radical (unpaired) electrons. The van der Waals surface area contributed by atoms with Crippen molar-refractivity contribution in [3.8, 4) is 17.2 Å². The van der Waals surface area contributed by atoms with Crippen LogP contribution in [0.3, 0.4) is 0 Å². The number of rotatable bonds is 4.